The maximum absolute atomic E-state index is 12.2. The summed E-state index contributed by atoms with van der Waals surface area (Å²) in [5.41, 5.74) is 1.83. The highest BCUT2D eigenvalue weighted by Crippen LogP contribution is 2.28. The third-order valence-electron chi connectivity index (χ3n) is 5.22. The van der Waals surface area contributed by atoms with Gasteiger partial charge in [0.25, 0.3) is 5.91 Å². The molecule has 0 bridgehead atoms. The second kappa shape index (κ2) is 10.6. The van der Waals surface area contributed by atoms with Crippen LogP contribution in [-0.4, -0.2) is 55.3 Å². The number of amides is 1. The van der Waals surface area contributed by atoms with Crippen LogP contribution in [0.3, 0.4) is 0 Å². The lowest BCUT2D eigenvalue weighted by Crippen LogP contribution is -2.34. The number of para-hydroxylation sites is 1. The predicted octanol–water partition coefficient (Wildman–Crippen LogP) is 3.53. The molecule has 0 radical (unpaired) electrons. The Morgan fingerprint density at radius 3 is 2.88 bits per heavy atom. The van der Waals surface area contributed by atoms with Crippen molar-refractivity contribution in [3.63, 3.8) is 0 Å². The molecule has 0 saturated carbocycles. The lowest BCUT2D eigenvalue weighted by Gasteiger charge is -2.24. The van der Waals surface area contributed by atoms with Crippen molar-refractivity contribution in [2.45, 2.75) is 18.9 Å². The van der Waals surface area contributed by atoms with Crippen LogP contribution in [0.4, 0.5) is 11.6 Å². The van der Waals surface area contributed by atoms with Crippen LogP contribution in [0.5, 0.6) is 5.75 Å². The van der Waals surface area contributed by atoms with Gasteiger partial charge in [-0.05, 0) is 50.2 Å². The summed E-state index contributed by atoms with van der Waals surface area (Å²) in [6.45, 7) is 2.76. The van der Waals surface area contributed by atoms with Gasteiger partial charge in [0.1, 0.15) is 17.4 Å². The molecule has 1 aliphatic rings. The van der Waals surface area contributed by atoms with E-state index in [9.17, 15) is 4.79 Å². The quantitative estimate of drug-likeness (QED) is 0.447. The van der Waals surface area contributed by atoms with E-state index < -0.39 is 0 Å². The Hall–Kier alpha value is -2.94. The summed E-state index contributed by atoms with van der Waals surface area (Å²) in [4.78, 5) is 21.3. The van der Waals surface area contributed by atoms with E-state index in [0.717, 1.165) is 42.6 Å². The largest absolute Gasteiger partial charge is 0.488 e. The van der Waals surface area contributed by atoms with Gasteiger partial charge in [-0.25, -0.2) is 9.97 Å². The van der Waals surface area contributed by atoms with E-state index in [1.807, 2.05) is 18.2 Å². The van der Waals surface area contributed by atoms with Crippen molar-refractivity contribution in [2.24, 2.45) is 0 Å². The molecular formula is C23H26ClN5O3. The van der Waals surface area contributed by atoms with Crippen LogP contribution in [-0.2, 0) is 4.74 Å². The van der Waals surface area contributed by atoms with Gasteiger partial charge < -0.3 is 25.4 Å². The van der Waals surface area contributed by atoms with Crippen LogP contribution >= 0.6 is 11.6 Å². The van der Waals surface area contributed by atoms with Crippen LogP contribution in [0.2, 0.25) is 5.02 Å². The molecule has 0 atom stereocenters. The molecule has 1 fully saturated rings. The van der Waals surface area contributed by atoms with Crippen molar-refractivity contribution in [3.05, 3.63) is 53.2 Å². The third-order valence-corrected chi connectivity index (χ3v) is 5.53. The minimum Gasteiger partial charge on any atom is -0.488 e. The van der Waals surface area contributed by atoms with Gasteiger partial charge in [0.2, 0.25) is 5.95 Å². The van der Waals surface area contributed by atoms with Gasteiger partial charge >= 0.3 is 0 Å². The van der Waals surface area contributed by atoms with E-state index in [-0.39, 0.29) is 12.0 Å². The van der Waals surface area contributed by atoms with Gasteiger partial charge in [0.15, 0.2) is 0 Å². The fourth-order valence-electron chi connectivity index (χ4n) is 3.54. The first-order valence-electron chi connectivity index (χ1n) is 10.6. The number of anilines is 2. The molecule has 32 heavy (non-hydrogen) atoms. The zero-order valence-electron chi connectivity index (χ0n) is 17.9. The molecule has 0 spiro atoms. The number of carbonyl (C=O) groups is 1. The van der Waals surface area contributed by atoms with E-state index in [2.05, 4.69) is 25.9 Å². The number of aromatic nitrogens is 2. The summed E-state index contributed by atoms with van der Waals surface area (Å²) in [5, 5.41) is 10.5. The number of methoxy groups -OCH3 is 1. The number of carbonyl (C=O) groups excluding carboxylic acids is 1. The number of ether oxygens (including phenoxy) is 2. The Kier molecular flexibility index (Phi) is 7.36. The summed E-state index contributed by atoms with van der Waals surface area (Å²) < 4.78 is 11.2. The molecule has 3 aromatic rings. The Labute approximate surface area is 191 Å². The van der Waals surface area contributed by atoms with Crippen molar-refractivity contribution in [1.29, 1.82) is 0 Å². The second-order valence-electron chi connectivity index (χ2n) is 7.52. The van der Waals surface area contributed by atoms with Crippen LogP contribution in [0.15, 0.2) is 42.6 Å². The lowest BCUT2D eigenvalue weighted by molar-refractivity contribution is 0.0937. The summed E-state index contributed by atoms with van der Waals surface area (Å²) in [6.07, 6.45) is 3.88. The maximum Gasteiger partial charge on any atom is 0.252 e. The van der Waals surface area contributed by atoms with Crippen molar-refractivity contribution >= 4 is 40.0 Å². The molecule has 1 aromatic heterocycles. The number of nitrogens with zero attached hydrogens (tertiary/aromatic N) is 2. The Morgan fingerprint density at radius 2 is 2.09 bits per heavy atom. The number of rotatable bonds is 8. The monoisotopic (exact) mass is 455 g/mol. The van der Waals surface area contributed by atoms with Gasteiger partial charge in [0, 0.05) is 30.9 Å². The molecule has 0 aliphatic carbocycles. The Balaban J connectivity index is 1.50. The Bertz CT molecular complexity index is 1090. The molecule has 3 N–H and O–H groups in total. The molecule has 2 heterocycles. The zero-order valence-corrected chi connectivity index (χ0v) is 18.6. The molecule has 2 aromatic carbocycles. The molecule has 0 unspecified atom stereocenters. The van der Waals surface area contributed by atoms with E-state index in [0.29, 0.717) is 35.4 Å². The molecule has 4 rings (SSSR count). The molecule has 1 saturated heterocycles. The SMILES string of the molecule is COCCNC(=O)c1ccc(Nc2ncc3cccc(OC4CCNCC4)c3n2)cc1Cl. The van der Waals surface area contributed by atoms with Crippen LogP contribution in [0, 0.1) is 0 Å². The number of nitrogens with one attached hydrogen (secondary N) is 3. The lowest BCUT2D eigenvalue weighted by atomic mass is 10.1. The van der Waals surface area contributed by atoms with Gasteiger partial charge in [-0.15, -0.1) is 0 Å². The normalized spacial score (nSPS) is 14.3. The van der Waals surface area contributed by atoms with E-state index in [4.69, 9.17) is 21.1 Å². The summed E-state index contributed by atoms with van der Waals surface area (Å²) in [6, 6.07) is 11.0. The molecule has 1 aliphatic heterocycles. The number of hydrogen-bond acceptors (Lipinski definition) is 7. The highest BCUT2D eigenvalue weighted by atomic mass is 35.5. The summed E-state index contributed by atoms with van der Waals surface area (Å²) >= 11 is 6.33. The van der Waals surface area contributed by atoms with Crippen molar-refractivity contribution < 1.29 is 14.3 Å². The van der Waals surface area contributed by atoms with Crippen molar-refractivity contribution in [2.75, 3.05) is 38.7 Å². The standard InChI is InChI=1S/C23H26ClN5O3/c1-31-12-11-26-22(30)18-6-5-16(13-19(18)24)28-23-27-14-15-3-2-4-20(21(15)29-23)32-17-7-9-25-10-8-17/h2-6,13-14,17,25H,7-12H2,1H3,(H,26,30)(H,27,28,29). The predicted molar refractivity (Wildman–Crippen MR) is 125 cm³/mol. The summed E-state index contributed by atoms with van der Waals surface area (Å²) in [7, 11) is 1.58. The van der Waals surface area contributed by atoms with E-state index in [1.54, 1.807) is 31.5 Å². The number of benzene rings is 2. The van der Waals surface area contributed by atoms with Crippen LogP contribution < -0.4 is 20.7 Å². The van der Waals surface area contributed by atoms with Gasteiger partial charge in [-0.3, -0.25) is 4.79 Å². The van der Waals surface area contributed by atoms with Gasteiger partial charge in [-0.2, -0.15) is 0 Å². The minimum atomic E-state index is -0.250. The highest BCUT2D eigenvalue weighted by Gasteiger charge is 2.17. The topological polar surface area (TPSA) is 97.4 Å². The van der Waals surface area contributed by atoms with Crippen molar-refractivity contribution in [3.8, 4) is 5.75 Å². The molecule has 9 heteroatoms. The Morgan fingerprint density at radius 1 is 1.25 bits per heavy atom. The van der Waals surface area contributed by atoms with Crippen molar-refractivity contribution in [1.82, 2.24) is 20.6 Å². The molecular weight excluding hydrogens is 430 g/mol. The van der Waals surface area contributed by atoms with E-state index >= 15 is 0 Å². The van der Waals surface area contributed by atoms with Crippen LogP contribution in [0.1, 0.15) is 23.2 Å². The second-order valence-corrected chi connectivity index (χ2v) is 7.93. The smallest absolute Gasteiger partial charge is 0.252 e. The van der Waals surface area contributed by atoms with Gasteiger partial charge in [0.05, 0.1) is 17.2 Å². The minimum absolute atomic E-state index is 0.176. The average molecular weight is 456 g/mol. The number of halogens is 1. The van der Waals surface area contributed by atoms with Crippen LogP contribution in [0.25, 0.3) is 10.9 Å². The van der Waals surface area contributed by atoms with Gasteiger partial charge in [-0.1, -0.05) is 23.7 Å². The first kappa shape index (κ1) is 22.3. The molecule has 1 amide bonds. The maximum atomic E-state index is 12.2. The zero-order chi connectivity index (χ0) is 22.3. The number of fused-ring (bicyclic) bond motifs is 1. The molecule has 8 nitrogen and oxygen atoms in total. The van der Waals surface area contributed by atoms with E-state index in [1.165, 1.54) is 0 Å². The average Bonchev–Trinajstić information content (AvgIpc) is 2.80. The number of piperidine rings is 1. The third kappa shape index (κ3) is 5.45. The number of hydrogen-bond donors (Lipinski definition) is 3. The fraction of sp³-hybridized carbons (Fsp3) is 0.348. The first-order valence-corrected chi connectivity index (χ1v) is 11.0. The summed E-state index contributed by atoms with van der Waals surface area (Å²) in [5.74, 6) is 0.924. The highest BCUT2D eigenvalue weighted by molar-refractivity contribution is 6.34. The fourth-order valence-corrected chi connectivity index (χ4v) is 3.81. The first-order chi connectivity index (χ1) is 15.6. The molecule has 168 valence electrons.